The summed E-state index contributed by atoms with van der Waals surface area (Å²) in [6.07, 6.45) is -4.13. The van der Waals surface area contributed by atoms with E-state index in [9.17, 15) is 22.8 Å². The molecule has 1 unspecified atom stereocenters. The number of anilines is 2. The summed E-state index contributed by atoms with van der Waals surface area (Å²) in [6, 6.07) is 6.51. The standard InChI is InChI=1S/C25H24ClF3N6O2/c1-12(2)31-23(36)16-10-18-15(8-7-13(3)32-18)14(4)21(16)33-24(37)19-11-20(25(27,28)29)34-35(19)22-17(26)6-5-9-30-22/h5-10,12,19H,11H2,1-4H3,(H,31,36)(H,33,37). The monoisotopic (exact) mass is 532 g/mol. The van der Waals surface area contributed by atoms with E-state index in [-0.39, 0.29) is 28.1 Å². The Morgan fingerprint density at radius 1 is 1.19 bits per heavy atom. The zero-order chi connectivity index (χ0) is 27.1. The topological polar surface area (TPSA) is 99.6 Å². The molecule has 1 atom stereocenters. The van der Waals surface area contributed by atoms with Crippen LogP contribution in [0, 0.1) is 13.8 Å². The first-order valence-corrected chi connectivity index (χ1v) is 11.8. The molecule has 0 aliphatic carbocycles. The van der Waals surface area contributed by atoms with Gasteiger partial charge in [0, 0.05) is 29.7 Å². The van der Waals surface area contributed by atoms with Crippen molar-refractivity contribution in [1.82, 2.24) is 15.3 Å². The molecule has 0 radical (unpaired) electrons. The minimum absolute atomic E-state index is 0.0350. The number of pyridine rings is 2. The highest BCUT2D eigenvalue weighted by atomic mass is 35.5. The van der Waals surface area contributed by atoms with Crippen LogP contribution in [0.4, 0.5) is 24.7 Å². The van der Waals surface area contributed by atoms with E-state index in [4.69, 9.17) is 11.6 Å². The van der Waals surface area contributed by atoms with Crippen molar-refractivity contribution >= 4 is 51.5 Å². The fourth-order valence-electron chi connectivity index (χ4n) is 4.06. The van der Waals surface area contributed by atoms with Gasteiger partial charge in [0.1, 0.15) is 11.8 Å². The Labute approximate surface area is 215 Å². The lowest BCUT2D eigenvalue weighted by Gasteiger charge is -2.24. The summed E-state index contributed by atoms with van der Waals surface area (Å²) in [5.74, 6) is -1.34. The van der Waals surface area contributed by atoms with Gasteiger partial charge in [0.05, 0.1) is 21.8 Å². The van der Waals surface area contributed by atoms with E-state index in [0.717, 1.165) is 10.7 Å². The zero-order valence-electron chi connectivity index (χ0n) is 20.4. The van der Waals surface area contributed by atoms with Crippen LogP contribution in [0.5, 0.6) is 0 Å². The smallest absolute Gasteiger partial charge is 0.350 e. The molecule has 8 nitrogen and oxygen atoms in total. The third kappa shape index (κ3) is 5.36. The lowest BCUT2D eigenvalue weighted by Crippen LogP contribution is -2.40. The van der Waals surface area contributed by atoms with Crippen LogP contribution in [-0.4, -0.2) is 45.8 Å². The van der Waals surface area contributed by atoms with Gasteiger partial charge in [0.15, 0.2) is 5.82 Å². The maximum atomic E-state index is 13.6. The average molecular weight is 533 g/mol. The minimum atomic E-state index is -4.75. The summed E-state index contributed by atoms with van der Waals surface area (Å²) in [4.78, 5) is 35.1. The van der Waals surface area contributed by atoms with E-state index in [1.54, 1.807) is 32.9 Å². The van der Waals surface area contributed by atoms with Crippen LogP contribution in [0.2, 0.25) is 5.02 Å². The van der Waals surface area contributed by atoms with E-state index in [2.05, 4.69) is 25.7 Å². The number of hydrazone groups is 1. The fourth-order valence-corrected chi connectivity index (χ4v) is 4.27. The molecular weight excluding hydrogens is 509 g/mol. The molecule has 3 heterocycles. The molecule has 0 saturated heterocycles. The Hall–Kier alpha value is -3.73. The van der Waals surface area contributed by atoms with Crippen molar-refractivity contribution in [2.45, 2.75) is 52.4 Å². The molecular formula is C25H24ClF3N6O2. The number of hydrogen-bond acceptors (Lipinski definition) is 6. The quantitative estimate of drug-likeness (QED) is 0.472. The normalized spacial score (nSPS) is 15.8. The molecule has 194 valence electrons. The van der Waals surface area contributed by atoms with Crippen LogP contribution < -0.4 is 15.6 Å². The lowest BCUT2D eigenvalue weighted by atomic mass is 10.00. The first-order chi connectivity index (χ1) is 17.4. The largest absolute Gasteiger partial charge is 0.431 e. The van der Waals surface area contributed by atoms with Gasteiger partial charge in [-0.1, -0.05) is 17.7 Å². The molecule has 0 saturated carbocycles. The molecule has 1 aliphatic rings. The molecule has 1 aromatic carbocycles. The first-order valence-electron chi connectivity index (χ1n) is 11.4. The summed E-state index contributed by atoms with van der Waals surface area (Å²) in [7, 11) is 0. The van der Waals surface area contributed by atoms with Crippen LogP contribution in [0.15, 0.2) is 41.6 Å². The third-order valence-electron chi connectivity index (χ3n) is 5.80. The van der Waals surface area contributed by atoms with E-state index in [1.165, 1.54) is 18.3 Å². The van der Waals surface area contributed by atoms with Crippen LogP contribution in [0.25, 0.3) is 10.9 Å². The Morgan fingerprint density at radius 3 is 2.57 bits per heavy atom. The molecule has 37 heavy (non-hydrogen) atoms. The van der Waals surface area contributed by atoms with Gasteiger partial charge in [0.2, 0.25) is 5.91 Å². The number of amides is 2. The van der Waals surface area contributed by atoms with Crippen molar-refractivity contribution in [2.75, 3.05) is 10.3 Å². The Balaban J connectivity index is 1.78. The zero-order valence-corrected chi connectivity index (χ0v) is 21.2. The molecule has 1 aliphatic heterocycles. The third-order valence-corrected chi connectivity index (χ3v) is 6.10. The van der Waals surface area contributed by atoms with E-state index in [0.29, 0.717) is 16.5 Å². The predicted octanol–water partition coefficient (Wildman–Crippen LogP) is 5.17. The van der Waals surface area contributed by atoms with Gasteiger partial charge in [-0.2, -0.15) is 18.3 Å². The molecule has 4 rings (SSSR count). The molecule has 0 spiro atoms. The van der Waals surface area contributed by atoms with Crippen molar-refractivity contribution in [3.8, 4) is 0 Å². The van der Waals surface area contributed by atoms with E-state index < -0.39 is 36.2 Å². The number of carbonyl (C=O) groups is 2. The first kappa shape index (κ1) is 26.3. The molecule has 2 aromatic heterocycles. The van der Waals surface area contributed by atoms with Crippen LogP contribution in [0.3, 0.4) is 0 Å². The van der Waals surface area contributed by atoms with Crippen LogP contribution in [0.1, 0.15) is 41.9 Å². The van der Waals surface area contributed by atoms with Crippen molar-refractivity contribution < 1.29 is 22.8 Å². The van der Waals surface area contributed by atoms with Gasteiger partial charge in [-0.3, -0.25) is 14.6 Å². The number of nitrogens with one attached hydrogen (secondary N) is 2. The summed E-state index contributed by atoms with van der Waals surface area (Å²) in [6.45, 7) is 7.10. The van der Waals surface area contributed by atoms with Crippen molar-refractivity contribution in [3.05, 3.63) is 58.4 Å². The Morgan fingerprint density at radius 2 is 1.92 bits per heavy atom. The van der Waals surface area contributed by atoms with Crippen molar-refractivity contribution in [1.29, 1.82) is 0 Å². The molecule has 2 amide bonds. The second-order valence-corrected chi connectivity index (χ2v) is 9.39. The Bertz CT molecular complexity index is 1420. The molecule has 12 heteroatoms. The van der Waals surface area contributed by atoms with Crippen molar-refractivity contribution in [2.24, 2.45) is 5.10 Å². The number of rotatable bonds is 5. The van der Waals surface area contributed by atoms with Gasteiger partial charge < -0.3 is 10.6 Å². The summed E-state index contributed by atoms with van der Waals surface area (Å²) >= 11 is 6.17. The lowest BCUT2D eigenvalue weighted by molar-refractivity contribution is -0.117. The molecule has 0 bridgehead atoms. The molecule has 0 fully saturated rings. The average Bonchev–Trinajstić information content (AvgIpc) is 3.26. The van der Waals surface area contributed by atoms with Crippen LogP contribution in [-0.2, 0) is 4.79 Å². The second-order valence-electron chi connectivity index (χ2n) is 8.98. The number of benzene rings is 1. The number of nitrogens with zero attached hydrogens (tertiary/aromatic N) is 4. The maximum absolute atomic E-state index is 13.6. The Kier molecular flexibility index (Phi) is 7.09. The fraction of sp³-hybridized carbons (Fsp3) is 0.320. The highest BCUT2D eigenvalue weighted by Crippen LogP contribution is 2.35. The molecule has 2 N–H and O–H groups in total. The summed E-state index contributed by atoms with van der Waals surface area (Å²) < 4.78 is 40.7. The predicted molar refractivity (Wildman–Crippen MR) is 136 cm³/mol. The number of hydrogen-bond donors (Lipinski definition) is 2. The van der Waals surface area contributed by atoms with E-state index in [1.807, 2.05) is 13.0 Å². The number of aromatic nitrogens is 2. The SMILES string of the molecule is Cc1ccc2c(C)c(NC(=O)C3CC(C(F)(F)F)=NN3c3ncccc3Cl)c(C(=O)NC(C)C)cc2n1. The van der Waals surface area contributed by atoms with Gasteiger partial charge in [-0.25, -0.2) is 9.99 Å². The number of aryl methyl sites for hydroxylation is 2. The van der Waals surface area contributed by atoms with Gasteiger partial charge in [-0.05, 0) is 57.5 Å². The minimum Gasteiger partial charge on any atom is -0.350 e. The van der Waals surface area contributed by atoms with Crippen LogP contribution >= 0.6 is 11.6 Å². The van der Waals surface area contributed by atoms with Gasteiger partial charge in [0.25, 0.3) is 5.91 Å². The summed E-state index contributed by atoms with van der Waals surface area (Å²) in [5, 5.41) is 10.7. The number of halogens is 4. The second kappa shape index (κ2) is 9.97. The van der Waals surface area contributed by atoms with E-state index >= 15 is 0 Å². The highest BCUT2D eigenvalue weighted by Gasteiger charge is 2.46. The highest BCUT2D eigenvalue weighted by molar-refractivity contribution is 6.33. The summed E-state index contributed by atoms with van der Waals surface area (Å²) in [5.41, 5.74) is 1.02. The van der Waals surface area contributed by atoms with Gasteiger partial charge >= 0.3 is 6.18 Å². The molecule has 3 aromatic rings. The van der Waals surface area contributed by atoms with Gasteiger partial charge in [-0.15, -0.1) is 0 Å². The van der Waals surface area contributed by atoms with Crippen molar-refractivity contribution in [3.63, 3.8) is 0 Å². The maximum Gasteiger partial charge on any atom is 0.431 e. The number of carbonyl (C=O) groups excluding carboxylic acids is 2. The number of alkyl halides is 3. The number of fused-ring (bicyclic) bond motifs is 1.